The number of aliphatic carboxylic acids is 1. The molecule has 0 radical (unpaired) electrons. The van der Waals surface area contributed by atoms with E-state index in [4.69, 9.17) is 9.84 Å². The van der Waals surface area contributed by atoms with Crippen LogP contribution in [0.15, 0.2) is 58.4 Å². The molecule has 0 fully saturated rings. The second kappa shape index (κ2) is 10.6. The molecule has 1 N–H and O–H groups in total. The van der Waals surface area contributed by atoms with E-state index in [1.54, 1.807) is 5.38 Å². The molecule has 0 bridgehead atoms. The number of fused-ring (bicyclic) bond motifs is 1. The summed E-state index contributed by atoms with van der Waals surface area (Å²) in [6.07, 6.45) is 7.02. The molecule has 0 spiro atoms. The van der Waals surface area contributed by atoms with Gasteiger partial charge in [-0.2, -0.15) is 8.42 Å². The molecule has 0 saturated carbocycles. The molecule has 0 atom stereocenters. The smallest absolute Gasteiger partial charge is 0.328 e. The van der Waals surface area contributed by atoms with E-state index in [0.717, 1.165) is 53.4 Å². The Balaban J connectivity index is 1.66. The third-order valence-corrected chi connectivity index (χ3v) is 8.64. The van der Waals surface area contributed by atoms with Crippen molar-refractivity contribution < 1.29 is 23.1 Å². The van der Waals surface area contributed by atoms with E-state index in [9.17, 15) is 13.2 Å². The SMILES string of the molecule is CC(C)CN(c1cc2c(cc1OCc1ccc(/C=C/C(=O)O)cc1)CCC2)S(=O)(=O)c1nccs1. The molecule has 1 heterocycles. The third-order valence-electron chi connectivity index (χ3n) is 5.69. The number of nitrogens with zero attached hydrogens (tertiary/aromatic N) is 2. The van der Waals surface area contributed by atoms with E-state index in [2.05, 4.69) is 4.98 Å². The first kappa shape index (κ1) is 24.9. The summed E-state index contributed by atoms with van der Waals surface area (Å²) in [6.45, 7) is 4.53. The monoisotopic (exact) mass is 512 g/mol. The van der Waals surface area contributed by atoms with Gasteiger partial charge in [0.25, 0.3) is 10.0 Å². The first-order valence-electron chi connectivity index (χ1n) is 11.4. The van der Waals surface area contributed by atoms with E-state index in [0.29, 0.717) is 18.0 Å². The quantitative estimate of drug-likeness (QED) is 0.377. The third kappa shape index (κ3) is 5.91. The molecule has 0 saturated heterocycles. The van der Waals surface area contributed by atoms with Gasteiger partial charge >= 0.3 is 5.97 Å². The van der Waals surface area contributed by atoms with Gasteiger partial charge in [0.15, 0.2) is 0 Å². The van der Waals surface area contributed by atoms with Crippen LogP contribution in [0.2, 0.25) is 0 Å². The number of aromatic nitrogens is 1. The summed E-state index contributed by atoms with van der Waals surface area (Å²) >= 11 is 1.10. The Kier molecular flexibility index (Phi) is 7.57. The second-order valence-corrected chi connectivity index (χ2v) is 11.8. The van der Waals surface area contributed by atoms with Crippen molar-refractivity contribution in [1.29, 1.82) is 0 Å². The predicted molar refractivity (Wildman–Crippen MR) is 137 cm³/mol. The maximum absolute atomic E-state index is 13.6. The van der Waals surface area contributed by atoms with Crippen LogP contribution in [0.4, 0.5) is 5.69 Å². The van der Waals surface area contributed by atoms with E-state index < -0.39 is 16.0 Å². The topological polar surface area (TPSA) is 96.8 Å². The molecule has 0 amide bonds. The highest BCUT2D eigenvalue weighted by molar-refractivity contribution is 7.94. The molecule has 3 aromatic rings. The van der Waals surface area contributed by atoms with E-state index in [1.807, 2.05) is 50.2 Å². The Morgan fingerprint density at radius 2 is 1.91 bits per heavy atom. The number of rotatable bonds is 10. The number of carbonyl (C=O) groups is 1. The number of hydrogen-bond acceptors (Lipinski definition) is 6. The number of sulfonamides is 1. The van der Waals surface area contributed by atoms with Crippen molar-refractivity contribution in [2.45, 2.75) is 44.1 Å². The van der Waals surface area contributed by atoms with Crippen LogP contribution in [-0.2, 0) is 34.3 Å². The molecular formula is C26H28N2O5S2. The minimum absolute atomic E-state index is 0.0644. The van der Waals surface area contributed by atoms with Gasteiger partial charge in [0.1, 0.15) is 12.4 Å². The largest absolute Gasteiger partial charge is 0.487 e. The van der Waals surface area contributed by atoms with Crippen LogP contribution in [0.3, 0.4) is 0 Å². The summed E-state index contributed by atoms with van der Waals surface area (Å²) in [5, 5.41) is 10.5. The number of aryl methyl sites for hydroxylation is 2. The number of hydrogen-bond donors (Lipinski definition) is 1. The molecule has 1 aliphatic rings. The predicted octanol–water partition coefficient (Wildman–Crippen LogP) is 5.16. The number of carboxylic acid groups (broad SMARTS) is 1. The van der Waals surface area contributed by atoms with Crippen LogP contribution in [0.25, 0.3) is 6.08 Å². The average molecular weight is 513 g/mol. The highest BCUT2D eigenvalue weighted by Gasteiger charge is 2.31. The van der Waals surface area contributed by atoms with E-state index in [-0.39, 0.29) is 16.9 Å². The number of benzene rings is 2. The summed E-state index contributed by atoms with van der Waals surface area (Å²) in [4.78, 5) is 14.8. The van der Waals surface area contributed by atoms with Gasteiger partial charge in [-0.3, -0.25) is 4.31 Å². The van der Waals surface area contributed by atoms with Gasteiger partial charge in [-0.25, -0.2) is 9.78 Å². The number of anilines is 1. The molecule has 1 aromatic heterocycles. The van der Waals surface area contributed by atoms with Crippen LogP contribution >= 0.6 is 11.3 Å². The first-order chi connectivity index (χ1) is 16.7. The molecule has 0 unspecified atom stereocenters. The van der Waals surface area contributed by atoms with Gasteiger partial charge in [0.05, 0.1) is 5.69 Å². The van der Waals surface area contributed by atoms with Gasteiger partial charge in [0.2, 0.25) is 4.34 Å². The zero-order valence-corrected chi connectivity index (χ0v) is 21.3. The number of carboxylic acids is 1. The summed E-state index contributed by atoms with van der Waals surface area (Å²) < 4.78 is 34.9. The molecule has 184 valence electrons. The molecule has 1 aliphatic carbocycles. The molecule has 4 rings (SSSR count). The fourth-order valence-electron chi connectivity index (χ4n) is 4.04. The lowest BCUT2D eigenvalue weighted by molar-refractivity contribution is -0.131. The lowest BCUT2D eigenvalue weighted by atomic mass is 10.1. The minimum Gasteiger partial charge on any atom is -0.487 e. The van der Waals surface area contributed by atoms with Gasteiger partial charge in [-0.05, 0) is 65.6 Å². The van der Waals surface area contributed by atoms with Gasteiger partial charge in [0, 0.05) is 24.2 Å². The summed E-state index contributed by atoms with van der Waals surface area (Å²) in [7, 11) is -3.84. The Labute approximate surface area is 209 Å². The zero-order valence-electron chi connectivity index (χ0n) is 19.7. The fourth-order valence-corrected chi connectivity index (χ4v) is 6.60. The molecular weight excluding hydrogens is 484 g/mol. The number of ether oxygens (including phenoxy) is 1. The lowest BCUT2D eigenvalue weighted by Gasteiger charge is -2.27. The summed E-state index contributed by atoms with van der Waals surface area (Å²) in [6, 6.07) is 11.3. The maximum atomic E-state index is 13.6. The van der Waals surface area contributed by atoms with Crippen LogP contribution in [-0.4, -0.2) is 31.0 Å². The van der Waals surface area contributed by atoms with Crippen molar-refractivity contribution in [1.82, 2.24) is 4.98 Å². The highest BCUT2D eigenvalue weighted by atomic mass is 32.2. The Bertz CT molecular complexity index is 1310. The molecule has 7 nitrogen and oxygen atoms in total. The molecule has 0 aliphatic heterocycles. The van der Waals surface area contributed by atoms with Crippen molar-refractivity contribution in [2.24, 2.45) is 5.92 Å². The van der Waals surface area contributed by atoms with Crippen molar-refractivity contribution in [2.75, 3.05) is 10.8 Å². The Morgan fingerprint density at radius 1 is 1.20 bits per heavy atom. The standard InChI is InChI=1S/C26H28N2O5S2/c1-18(2)16-28(35(31,32)26-27-12-13-34-26)23-14-21-4-3-5-22(21)15-24(23)33-17-20-8-6-19(7-9-20)10-11-25(29)30/h6-15,18H,3-5,16-17H2,1-2H3,(H,29,30)/b11-10+. The maximum Gasteiger partial charge on any atom is 0.328 e. The van der Waals surface area contributed by atoms with E-state index in [1.165, 1.54) is 22.1 Å². The van der Waals surface area contributed by atoms with Gasteiger partial charge in [-0.15, -0.1) is 11.3 Å². The van der Waals surface area contributed by atoms with Crippen molar-refractivity contribution in [3.8, 4) is 5.75 Å². The van der Waals surface area contributed by atoms with Crippen LogP contribution < -0.4 is 9.04 Å². The summed E-state index contributed by atoms with van der Waals surface area (Å²) in [5.74, 6) is -0.376. The number of thiazole rings is 1. The Morgan fingerprint density at radius 3 is 2.54 bits per heavy atom. The average Bonchev–Trinajstić information content (AvgIpc) is 3.52. The first-order valence-corrected chi connectivity index (χ1v) is 13.8. The molecule has 2 aromatic carbocycles. The van der Waals surface area contributed by atoms with Crippen molar-refractivity contribution in [3.05, 3.63) is 76.3 Å². The second-order valence-electron chi connectivity index (χ2n) is 8.87. The molecule has 35 heavy (non-hydrogen) atoms. The van der Waals surface area contributed by atoms with Crippen LogP contribution in [0.1, 0.15) is 42.5 Å². The van der Waals surface area contributed by atoms with Crippen LogP contribution in [0.5, 0.6) is 5.75 Å². The van der Waals surface area contributed by atoms with Gasteiger partial charge in [-0.1, -0.05) is 38.1 Å². The molecule has 9 heteroatoms. The zero-order chi connectivity index (χ0) is 25.0. The van der Waals surface area contributed by atoms with Crippen molar-refractivity contribution >= 4 is 39.1 Å². The van der Waals surface area contributed by atoms with Crippen molar-refractivity contribution in [3.63, 3.8) is 0 Å². The summed E-state index contributed by atoms with van der Waals surface area (Å²) in [5.41, 5.74) is 4.55. The lowest BCUT2D eigenvalue weighted by Crippen LogP contribution is -2.34. The van der Waals surface area contributed by atoms with Gasteiger partial charge < -0.3 is 9.84 Å². The highest BCUT2D eigenvalue weighted by Crippen LogP contribution is 2.39. The normalized spacial score (nSPS) is 13.3. The fraction of sp³-hybridized carbons (Fsp3) is 0.308. The van der Waals surface area contributed by atoms with Crippen LogP contribution in [0, 0.1) is 5.92 Å². The Hall–Kier alpha value is -3.17. The van der Waals surface area contributed by atoms with E-state index >= 15 is 0 Å². The minimum atomic E-state index is -3.84.